The van der Waals surface area contributed by atoms with Gasteiger partial charge in [-0.1, -0.05) is 6.92 Å². The molecular weight excluding hydrogens is 245 g/mol. The average molecular weight is 268 g/mol. The fourth-order valence-electron chi connectivity index (χ4n) is 2.24. The molecule has 0 aromatic carbocycles. The second kappa shape index (κ2) is 7.31. The number of hydrogen-bond donors (Lipinski definition) is 2. The van der Waals surface area contributed by atoms with E-state index in [4.69, 9.17) is 5.11 Å². The summed E-state index contributed by atoms with van der Waals surface area (Å²) in [5, 5.41) is 12.4. The molecule has 18 heavy (non-hydrogen) atoms. The molecule has 0 bridgehead atoms. The molecule has 3 nitrogen and oxygen atoms in total. The molecule has 1 heterocycles. The highest BCUT2D eigenvalue weighted by Crippen LogP contribution is 2.21. The summed E-state index contributed by atoms with van der Waals surface area (Å²) >= 11 is 0. The van der Waals surface area contributed by atoms with Crippen LogP contribution in [0.4, 0.5) is 13.2 Å². The van der Waals surface area contributed by atoms with Gasteiger partial charge in [0.2, 0.25) is 0 Å². The highest BCUT2D eigenvalue weighted by atomic mass is 19.4. The first-order valence-electron chi connectivity index (χ1n) is 6.60. The molecule has 0 amide bonds. The SMILES string of the molecule is CCC(CO)NC1CCN(CCC(F)(F)F)CC1. The Bertz CT molecular complexity index is 224. The van der Waals surface area contributed by atoms with Crippen LogP contribution in [0.3, 0.4) is 0 Å². The van der Waals surface area contributed by atoms with E-state index < -0.39 is 12.6 Å². The van der Waals surface area contributed by atoms with E-state index >= 15 is 0 Å². The standard InChI is InChI=1S/C12H23F3N2O/c1-2-10(9-18)16-11-3-6-17(7-4-11)8-5-12(13,14)15/h10-11,16,18H,2-9H2,1H3. The van der Waals surface area contributed by atoms with Crippen LogP contribution >= 0.6 is 0 Å². The number of aliphatic hydroxyl groups excluding tert-OH is 1. The van der Waals surface area contributed by atoms with E-state index in [2.05, 4.69) is 5.32 Å². The van der Waals surface area contributed by atoms with Crippen molar-refractivity contribution in [2.45, 2.75) is 50.9 Å². The number of nitrogens with zero attached hydrogens (tertiary/aromatic N) is 1. The molecule has 1 aliphatic rings. The first-order chi connectivity index (χ1) is 8.44. The normalized spacial score (nSPS) is 21.2. The maximum atomic E-state index is 12.1. The molecule has 6 heteroatoms. The van der Waals surface area contributed by atoms with Crippen molar-refractivity contribution in [2.75, 3.05) is 26.2 Å². The molecule has 0 aliphatic carbocycles. The van der Waals surface area contributed by atoms with E-state index in [0.29, 0.717) is 19.1 Å². The van der Waals surface area contributed by atoms with Gasteiger partial charge in [0.15, 0.2) is 0 Å². The van der Waals surface area contributed by atoms with E-state index in [1.54, 1.807) is 0 Å². The molecule has 0 aromatic heterocycles. The first-order valence-corrected chi connectivity index (χ1v) is 6.60. The van der Waals surface area contributed by atoms with E-state index in [1.165, 1.54) is 0 Å². The molecule has 1 fully saturated rings. The van der Waals surface area contributed by atoms with Crippen molar-refractivity contribution in [3.8, 4) is 0 Å². The summed E-state index contributed by atoms with van der Waals surface area (Å²) in [4.78, 5) is 1.87. The Morgan fingerprint density at radius 3 is 2.39 bits per heavy atom. The number of aliphatic hydroxyl groups is 1. The van der Waals surface area contributed by atoms with Crippen molar-refractivity contribution >= 4 is 0 Å². The predicted molar refractivity (Wildman–Crippen MR) is 64.4 cm³/mol. The number of hydrogen-bond acceptors (Lipinski definition) is 3. The van der Waals surface area contributed by atoms with Crippen LogP contribution in [0.25, 0.3) is 0 Å². The molecule has 0 spiro atoms. The monoisotopic (exact) mass is 268 g/mol. The van der Waals surface area contributed by atoms with Crippen molar-refractivity contribution in [1.82, 2.24) is 10.2 Å². The Balaban J connectivity index is 2.20. The van der Waals surface area contributed by atoms with Crippen LogP contribution in [0.5, 0.6) is 0 Å². The zero-order valence-electron chi connectivity index (χ0n) is 10.8. The zero-order chi connectivity index (χ0) is 13.6. The lowest BCUT2D eigenvalue weighted by Crippen LogP contribution is -2.47. The predicted octanol–water partition coefficient (Wildman–Crippen LogP) is 1.76. The molecule has 2 N–H and O–H groups in total. The van der Waals surface area contributed by atoms with E-state index in [9.17, 15) is 13.2 Å². The quantitative estimate of drug-likeness (QED) is 0.770. The van der Waals surface area contributed by atoms with Crippen LogP contribution in [-0.2, 0) is 0 Å². The Morgan fingerprint density at radius 2 is 1.94 bits per heavy atom. The summed E-state index contributed by atoms with van der Waals surface area (Å²) in [7, 11) is 0. The molecule has 1 unspecified atom stereocenters. The number of piperidine rings is 1. The van der Waals surface area contributed by atoms with Crippen molar-refractivity contribution in [1.29, 1.82) is 0 Å². The van der Waals surface area contributed by atoms with Crippen molar-refractivity contribution < 1.29 is 18.3 Å². The number of alkyl halides is 3. The lowest BCUT2D eigenvalue weighted by Gasteiger charge is -2.34. The number of nitrogens with one attached hydrogen (secondary N) is 1. The van der Waals surface area contributed by atoms with Crippen LogP contribution < -0.4 is 5.32 Å². The number of rotatable bonds is 6. The van der Waals surface area contributed by atoms with Gasteiger partial charge >= 0.3 is 6.18 Å². The Hall–Kier alpha value is -0.330. The molecule has 0 aromatic rings. The highest BCUT2D eigenvalue weighted by Gasteiger charge is 2.29. The minimum Gasteiger partial charge on any atom is -0.395 e. The second-order valence-electron chi connectivity index (χ2n) is 4.94. The molecule has 0 radical (unpaired) electrons. The first kappa shape index (κ1) is 15.7. The topological polar surface area (TPSA) is 35.5 Å². The van der Waals surface area contributed by atoms with Gasteiger partial charge in [0.05, 0.1) is 13.0 Å². The van der Waals surface area contributed by atoms with Crippen LogP contribution in [0, 0.1) is 0 Å². The van der Waals surface area contributed by atoms with Crippen molar-refractivity contribution in [3.05, 3.63) is 0 Å². The van der Waals surface area contributed by atoms with Gasteiger partial charge in [-0.3, -0.25) is 0 Å². The summed E-state index contributed by atoms with van der Waals surface area (Å²) in [6, 6.07) is 0.431. The lowest BCUT2D eigenvalue weighted by molar-refractivity contribution is -0.138. The Kier molecular flexibility index (Phi) is 6.38. The molecular formula is C12H23F3N2O. The minimum absolute atomic E-state index is 0.105. The summed E-state index contributed by atoms with van der Waals surface area (Å²) in [5.74, 6) is 0. The highest BCUT2D eigenvalue weighted by molar-refractivity contribution is 4.80. The Morgan fingerprint density at radius 1 is 1.33 bits per heavy atom. The van der Waals surface area contributed by atoms with Crippen LogP contribution in [0.2, 0.25) is 0 Å². The zero-order valence-corrected chi connectivity index (χ0v) is 10.8. The molecule has 0 saturated carbocycles. The van der Waals surface area contributed by atoms with Gasteiger partial charge < -0.3 is 15.3 Å². The van der Waals surface area contributed by atoms with Gasteiger partial charge in [0.25, 0.3) is 0 Å². The van der Waals surface area contributed by atoms with Crippen molar-refractivity contribution in [3.63, 3.8) is 0 Å². The van der Waals surface area contributed by atoms with Crippen LogP contribution in [0.1, 0.15) is 32.6 Å². The summed E-state index contributed by atoms with van der Waals surface area (Å²) in [5.41, 5.74) is 0. The van der Waals surface area contributed by atoms with Gasteiger partial charge in [-0.05, 0) is 32.4 Å². The van der Waals surface area contributed by atoms with Gasteiger partial charge in [-0.25, -0.2) is 0 Å². The third-order valence-electron chi connectivity index (χ3n) is 3.48. The van der Waals surface area contributed by atoms with E-state index in [1.807, 2.05) is 11.8 Å². The third kappa shape index (κ3) is 6.02. The maximum Gasteiger partial charge on any atom is 0.390 e. The molecule has 1 saturated heterocycles. The number of likely N-dealkylation sites (tertiary alicyclic amines) is 1. The van der Waals surface area contributed by atoms with Gasteiger partial charge in [-0.2, -0.15) is 13.2 Å². The second-order valence-corrected chi connectivity index (χ2v) is 4.94. The van der Waals surface area contributed by atoms with Gasteiger partial charge in [0, 0.05) is 18.6 Å². The maximum absolute atomic E-state index is 12.1. The van der Waals surface area contributed by atoms with E-state index in [0.717, 1.165) is 19.3 Å². The number of halogens is 3. The molecule has 1 aliphatic heterocycles. The fraction of sp³-hybridized carbons (Fsp3) is 1.00. The average Bonchev–Trinajstić information content (AvgIpc) is 2.34. The third-order valence-corrected chi connectivity index (χ3v) is 3.48. The summed E-state index contributed by atoms with van der Waals surface area (Å²) < 4.78 is 36.3. The van der Waals surface area contributed by atoms with Gasteiger partial charge in [-0.15, -0.1) is 0 Å². The summed E-state index contributed by atoms with van der Waals surface area (Å²) in [6.07, 6.45) is -2.20. The van der Waals surface area contributed by atoms with Crippen LogP contribution in [-0.4, -0.2) is 54.5 Å². The van der Waals surface area contributed by atoms with E-state index in [-0.39, 0.29) is 19.2 Å². The smallest absolute Gasteiger partial charge is 0.390 e. The van der Waals surface area contributed by atoms with Crippen molar-refractivity contribution in [2.24, 2.45) is 0 Å². The Labute approximate surface area is 106 Å². The molecule has 1 rings (SSSR count). The van der Waals surface area contributed by atoms with Crippen LogP contribution in [0.15, 0.2) is 0 Å². The lowest BCUT2D eigenvalue weighted by atomic mass is 10.0. The largest absolute Gasteiger partial charge is 0.395 e. The fourth-order valence-corrected chi connectivity index (χ4v) is 2.24. The van der Waals surface area contributed by atoms with Gasteiger partial charge in [0.1, 0.15) is 0 Å². The molecule has 108 valence electrons. The molecule has 1 atom stereocenters. The minimum atomic E-state index is -4.06. The summed E-state index contributed by atoms with van der Waals surface area (Å²) in [6.45, 7) is 3.63.